The maximum Gasteiger partial charge on any atom is 0.128 e. The Hall–Kier alpha value is -1.25. The van der Waals surface area contributed by atoms with Crippen LogP contribution in [-0.4, -0.2) is 11.0 Å². The van der Waals surface area contributed by atoms with Gasteiger partial charge in [-0.25, -0.2) is 4.98 Å². The molecule has 0 atom stereocenters. The van der Waals surface area contributed by atoms with Crippen molar-refractivity contribution in [2.24, 2.45) is 5.41 Å². The second kappa shape index (κ2) is 4.32. The highest BCUT2D eigenvalue weighted by Gasteiger charge is 2.26. The van der Waals surface area contributed by atoms with Gasteiger partial charge in [0.25, 0.3) is 0 Å². The number of rotatable bonds is 2. The minimum atomic E-state index is 0.515. The van der Waals surface area contributed by atoms with Crippen LogP contribution in [0.25, 0.3) is 0 Å². The van der Waals surface area contributed by atoms with Gasteiger partial charge >= 0.3 is 0 Å². The second-order valence-electron chi connectivity index (χ2n) is 5.56. The van der Waals surface area contributed by atoms with Gasteiger partial charge in [-0.3, -0.25) is 0 Å². The first-order valence-corrected chi connectivity index (χ1v) is 6.03. The molecule has 0 spiro atoms. The molecule has 0 aromatic carbocycles. The number of anilines is 2. The Morgan fingerprint density at radius 3 is 2.69 bits per heavy atom. The van der Waals surface area contributed by atoms with Crippen LogP contribution in [0.4, 0.5) is 11.5 Å². The molecule has 0 amide bonds. The van der Waals surface area contributed by atoms with E-state index in [-0.39, 0.29) is 0 Å². The van der Waals surface area contributed by atoms with Crippen molar-refractivity contribution in [2.45, 2.75) is 45.6 Å². The second-order valence-corrected chi connectivity index (χ2v) is 5.56. The molecule has 16 heavy (non-hydrogen) atoms. The molecule has 1 fully saturated rings. The zero-order valence-corrected chi connectivity index (χ0v) is 10.2. The van der Waals surface area contributed by atoms with Crippen molar-refractivity contribution in [3.05, 3.63) is 18.3 Å². The fourth-order valence-corrected chi connectivity index (χ4v) is 2.28. The summed E-state index contributed by atoms with van der Waals surface area (Å²) in [4.78, 5) is 4.28. The molecule has 0 aliphatic heterocycles. The summed E-state index contributed by atoms with van der Waals surface area (Å²) >= 11 is 0. The fraction of sp³-hybridized carbons (Fsp3) is 0.615. The van der Waals surface area contributed by atoms with Crippen LogP contribution >= 0.6 is 0 Å². The molecule has 3 heteroatoms. The number of aromatic nitrogens is 1. The largest absolute Gasteiger partial charge is 0.399 e. The smallest absolute Gasteiger partial charge is 0.128 e. The Labute approximate surface area is 97.5 Å². The minimum Gasteiger partial charge on any atom is -0.399 e. The predicted molar refractivity (Wildman–Crippen MR) is 68.3 cm³/mol. The van der Waals surface area contributed by atoms with Crippen LogP contribution in [0.1, 0.15) is 39.5 Å². The van der Waals surface area contributed by atoms with Crippen LogP contribution in [0.5, 0.6) is 0 Å². The SMILES string of the molecule is CC1(C)CCC(Nc2cc(N)ccn2)CC1. The van der Waals surface area contributed by atoms with Gasteiger partial charge in [0.05, 0.1) is 0 Å². The van der Waals surface area contributed by atoms with E-state index in [0.29, 0.717) is 11.5 Å². The van der Waals surface area contributed by atoms with Gasteiger partial charge in [0.2, 0.25) is 0 Å². The van der Waals surface area contributed by atoms with Crippen LogP contribution in [0.3, 0.4) is 0 Å². The quantitative estimate of drug-likeness (QED) is 0.803. The summed E-state index contributed by atoms with van der Waals surface area (Å²) in [5.74, 6) is 0.907. The Balaban J connectivity index is 1.92. The highest BCUT2D eigenvalue weighted by atomic mass is 15.0. The van der Waals surface area contributed by atoms with Crippen molar-refractivity contribution in [2.75, 3.05) is 11.1 Å². The van der Waals surface area contributed by atoms with E-state index >= 15 is 0 Å². The topological polar surface area (TPSA) is 50.9 Å². The molecule has 1 heterocycles. The summed E-state index contributed by atoms with van der Waals surface area (Å²) in [5.41, 5.74) is 7.01. The number of hydrogen-bond acceptors (Lipinski definition) is 3. The van der Waals surface area contributed by atoms with Crippen molar-refractivity contribution in [1.82, 2.24) is 4.98 Å². The van der Waals surface area contributed by atoms with Crippen LogP contribution in [-0.2, 0) is 0 Å². The van der Waals surface area contributed by atoms with E-state index in [1.54, 1.807) is 6.20 Å². The van der Waals surface area contributed by atoms with Crippen molar-refractivity contribution >= 4 is 11.5 Å². The molecule has 0 bridgehead atoms. The first kappa shape index (κ1) is 11.2. The van der Waals surface area contributed by atoms with E-state index in [9.17, 15) is 0 Å². The predicted octanol–water partition coefficient (Wildman–Crippen LogP) is 3.04. The van der Waals surface area contributed by atoms with Gasteiger partial charge < -0.3 is 11.1 Å². The molecule has 1 aromatic heterocycles. The van der Waals surface area contributed by atoms with Crippen molar-refractivity contribution in [3.8, 4) is 0 Å². The van der Waals surface area contributed by atoms with Crippen LogP contribution in [0.15, 0.2) is 18.3 Å². The highest BCUT2D eigenvalue weighted by Crippen LogP contribution is 2.35. The summed E-state index contributed by atoms with van der Waals surface area (Å²) in [6.45, 7) is 4.70. The zero-order valence-electron chi connectivity index (χ0n) is 10.2. The number of pyridine rings is 1. The van der Waals surface area contributed by atoms with E-state index in [4.69, 9.17) is 5.73 Å². The van der Waals surface area contributed by atoms with Gasteiger partial charge in [-0.15, -0.1) is 0 Å². The minimum absolute atomic E-state index is 0.515. The molecule has 1 aliphatic carbocycles. The van der Waals surface area contributed by atoms with E-state index < -0.39 is 0 Å². The van der Waals surface area contributed by atoms with E-state index in [2.05, 4.69) is 24.1 Å². The lowest BCUT2D eigenvalue weighted by Crippen LogP contribution is -2.30. The normalized spacial score (nSPS) is 20.6. The van der Waals surface area contributed by atoms with Crippen molar-refractivity contribution in [3.63, 3.8) is 0 Å². The summed E-state index contributed by atoms with van der Waals surface area (Å²) in [7, 11) is 0. The summed E-state index contributed by atoms with van der Waals surface area (Å²) in [6, 6.07) is 4.27. The molecule has 1 aromatic rings. The van der Waals surface area contributed by atoms with Gasteiger partial charge in [-0.05, 0) is 37.2 Å². The van der Waals surface area contributed by atoms with Gasteiger partial charge in [0.1, 0.15) is 5.82 Å². The molecular formula is C13H21N3. The highest BCUT2D eigenvalue weighted by molar-refractivity contribution is 5.48. The Morgan fingerprint density at radius 2 is 2.06 bits per heavy atom. The number of nitrogens with zero attached hydrogens (tertiary/aromatic N) is 1. The monoisotopic (exact) mass is 219 g/mol. The number of hydrogen-bond donors (Lipinski definition) is 2. The van der Waals surface area contributed by atoms with Crippen molar-refractivity contribution < 1.29 is 0 Å². The first-order valence-electron chi connectivity index (χ1n) is 6.03. The van der Waals surface area contributed by atoms with E-state index in [1.807, 2.05) is 12.1 Å². The summed E-state index contributed by atoms with van der Waals surface area (Å²) in [5, 5.41) is 3.47. The lowest BCUT2D eigenvalue weighted by molar-refractivity contribution is 0.232. The molecule has 1 aliphatic rings. The van der Waals surface area contributed by atoms with Gasteiger partial charge in [-0.1, -0.05) is 13.8 Å². The first-order chi connectivity index (χ1) is 7.55. The van der Waals surface area contributed by atoms with Crippen molar-refractivity contribution in [1.29, 1.82) is 0 Å². The molecule has 2 rings (SSSR count). The fourth-order valence-electron chi connectivity index (χ4n) is 2.28. The lowest BCUT2D eigenvalue weighted by atomic mass is 9.75. The Morgan fingerprint density at radius 1 is 1.38 bits per heavy atom. The third-order valence-corrected chi connectivity index (χ3v) is 3.48. The summed E-state index contributed by atoms with van der Waals surface area (Å²) < 4.78 is 0. The summed E-state index contributed by atoms with van der Waals surface area (Å²) in [6.07, 6.45) is 6.78. The molecule has 0 radical (unpaired) electrons. The average molecular weight is 219 g/mol. The molecule has 3 nitrogen and oxygen atoms in total. The lowest BCUT2D eigenvalue weighted by Gasteiger charge is -2.34. The third-order valence-electron chi connectivity index (χ3n) is 3.48. The van der Waals surface area contributed by atoms with Crippen LogP contribution in [0.2, 0.25) is 0 Å². The molecular weight excluding hydrogens is 198 g/mol. The molecule has 0 saturated heterocycles. The van der Waals surface area contributed by atoms with E-state index in [0.717, 1.165) is 11.5 Å². The maximum atomic E-state index is 5.73. The molecule has 1 saturated carbocycles. The number of nitrogens with one attached hydrogen (secondary N) is 1. The number of nitrogens with two attached hydrogens (primary N) is 1. The standard InChI is InChI=1S/C13H21N3/c1-13(2)6-3-11(4-7-13)16-12-9-10(14)5-8-15-12/h5,8-9,11H,3-4,6-7H2,1-2H3,(H3,14,15,16). The Bertz CT molecular complexity index is 350. The van der Waals surface area contributed by atoms with Gasteiger partial charge in [-0.2, -0.15) is 0 Å². The average Bonchev–Trinajstić information content (AvgIpc) is 2.21. The molecule has 88 valence electrons. The Kier molecular flexibility index (Phi) is 3.03. The van der Waals surface area contributed by atoms with Gasteiger partial charge in [0.15, 0.2) is 0 Å². The van der Waals surface area contributed by atoms with Gasteiger partial charge in [0, 0.05) is 24.0 Å². The van der Waals surface area contributed by atoms with E-state index in [1.165, 1.54) is 25.7 Å². The number of nitrogen functional groups attached to an aromatic ring is 1. The maximum absolute atomic E-state index is 5.73. The van der Waals surface area contributed by atoms with Crippen LogP contribution < -0.4 is 11.1 Å². The molecule has 0 unspecified atom stereocenters. The molecule has 3 N–H and O–H groups in total. The van der Waals surface area contributed by atoms with Crippen LogP contribution in [0, 0.1) is 5.41 Å². The zero-order chi connectivity index (χ0) is 11.6. The third kappa shape index (κ3) is 2.87.